The Morgan fingerprint density at radius 1 is 1.00 bits per heavy atom. The molecule has 0 aliphatic heterocycles. The predicted molar refractivity (Wildman–Crippen MR) is 125 cm³/mol. The maximum absolute atomic E-state index is 12.3. The number of nitrogens with zero attached hydrogens (tertiary/aromatic N) is 6. The molecule has 0 saturated carbocycles. The number of fused-ring (bicyclic) bond motifs is 1. The Balaban J connectivity index is 1.35. The number of rotatable bonds is 6. The van der Waals surface area contributed by atoms with Gasteiger partial charge in [0.05, 0.1) is 11.6 Å². The number of carbonyl (C=O) groups excluding carboxylic acids is 1. The van der Waals surface area contributed by atoms with E-state index >= 15 is 0 Å². The van der Waals surface area contributed by atoms with E-state index in [2.05, 4.69) is 30.9 Å². The van der Waals surface area contributed by atoms with Crippen LogP contribution in [0, 0.1) is 0 Å². The molecule has 0 aliphatic rings. The van der Waals surface area contributed by atoms with Crippen LogP contribution in [0.25, 0.3) is 22.3 Å². The lowest BCUT2D eigenvalue weighted by Gasteiger charge is -2.10. The maximum Gasteiger partial charge on any atom is 0.384 e. The summed E-state index contributed by atoms with van der Waals surface area (Å²) in [5, 5.41) is 24.5. The van der Waals surface area contributed by atoms with E-state index in [1.807, 2.05) is 36.4 Å². The van der Waals surface area contributed by atoms with Crippen LogP contribution in [0.5, 0.6) is 0 Å². The van der Waals surface area contributed by atoms with Crippen LogP contribution in [0.1, 0.15) is 0 Å². The zero-order valence-corrected chi connectivity index (χ0v) is 17.7. The van der Waals surface area contributed by atoms with Crippen molar-refractivity contribution >= 4 is 34.1 Å². The molecule has 2 aromatic carbocycles. The van der Waals surface area contributed by atoms with E-state index in [1.165, 1.54) is 10.9 Å². The Kier molecular flexibility index (Phi) is 5.40. The quantitative estimate of drug-likeness (QED) is 0.333. The summed E-state index contributed by atoms with van der Waals surface area (Å²) >= 11 is 0. The molecule has 0 bridgehead atoms. The first-order chi connectivity index (χ1) is 16.6. The van der Waals surface area contributed by atoms with Gasteiger partial charge in [-0.05, 0) is 36.4 Å². The number of anilines is 3. The van der Waals surface area contributed by atoms with Gasteiger partial charge in [0.2, 0.25) is 5.91 Å². The van der Waals surface area contributed by atoms with Crippen molar-refractivity contribution in [2.24, 2.45) is 0 Å². The summed E-state index contributed by atoms with van der Waals surface area (Å²) in [5.41, 5.74) is 1.91. The van der Waals surface area contributed by atoms with Gasteiger partial charge in [0, 0.05) is 23.1 Å². The summed E-state index contributed by atoms with van der Waals surface area (Å²) in [7, 11) is 0. The second-order valence-corrected chi connectivity index (χ2v) is 7.35. The normalized spacial score (nSPS) is 10.8. The van der Waals surface area contributed by atoms with E-state index in [0.29, 0.717) is 27.2 Å². The number of hydrogen-bond acceptors (Lipinski definition) is 8. The number of pyridine rings is 1. The minimum Gasteiger partial charge on any atom is -0.422 e. The molecule has 11 nitrogen and oxygen atoms in total. The average molecular weight is 454 g/mol. The van der Waals surface area contributed by atoms with Gasteiger partial charge in [-0.3, -0.25) is 4.79 Å². The molecule has 0 saturated heterocycles. The standard InChI is InChI=1S/C23H18N8O3/c32-20(25-16-7-2-1-3-8-16)14-30-13-19(28-29-30)15-6-4-9-17(12-15)26-21-18-10-5-11-24-22(18)31(34)23(33)27-21/h1-13,34H,14H2,(H,25,32)(H,26,27,33). The Morgan fingerprint density at radius 3 is 2.68 bits per heavy atom. The summed E-state index contributed by atoms with van der Waals surface area (Å²) in [4.78, 5) is 32.2. The lowest BCUT2D eigenvalue weighted by molar-refractivity contribution is -0.116. The first-order valence-electron chi connectivity index (χ1n) is 10.3. The molecule has 0 radical (unpaired) electrons. The van der Waals surface area contributed by atoms with Crippen LogP contribution in [-0.2, 0) is 11.3 Å². The molecule has 34 heavy (non-hydrogen) atoms. The van der Waals surface area contributed by atoms with Gasteiger partial charge in [-0.15, -0.1) is 9.83 Å². The Bertz CT molecular complexity index is 1550. The van der Waals surface area contributed by atoms with Crippen LogP contribution >= 0.6 is 0 Å². The predicted octanol–water partition coefficient (Wildman–Crippen LogP) is 2.67. The summed E-state index contributed by atoms with van der Waals surface area (Å²) < 4.78 is 1.86. The minimum absolute atomic E-state index is 0.0141. The fraction of sp³-hybridized carbons (Fsp3) is 0.0435. The van der Waals surface area contributed by atoms with Crippen LogP contribution in [0.15, 0.2) is 83.9 Å². The van der Waals surface area contributed by atoms with Gasteiger partial charge in [0.1, 0.15) is 18.1 Å². The average Bonchev–Trinajstić information content (AvgIpc) is 3.31. The topological polar surface area (TPSA) is 140 Å². The molecule has 168 valence electrons. The van der Waals surface area contributed by atoms with Crippen LogP contribution < -0.4 is 16.3 Å². The minimum atomic E-state index is -0.846. The Labute approximate surface area is 192 Å². The Hall–Kier alpha value is -5.06. The van der Waals surface area contributed by atoms with Gasteiger partial charge >= 0.3 is 5.69 Å². The molecule has 0 atom stereocenters. The molecule has 0 spiro atoms. The number of hydrogen-bond donors (Lipinski definition) is 3. The van der Waals surface area contributed by atoms with Crippen LogP contribution in [0.2, 0.25) is 0 Å². The van der Waals surface area contributed by atoms with Crippen molar-refractivity contribution in [1.82, 2.24) is 29.7 Å². The molecule has 0 aliphatic carbocycles. The fourth-order valence-corrected chi connectivity index (χ4v) is 3.41. The van der Waals surface area contributed by atoms with Crippen molar-refractivity contribution in [2.45, 2.75) is 6.54 Å². The summed E-state index contributed by atoms with van der Waals surface area (Å²) in [6, 6.07) is 19.8. The first-order valence-corrected chi connectivity index (χ1v) is 10.3. The van der Waals surface area contributed by atoms with Gasteiger partial charge < -0.3 is 15.8 Å². The number of amides is 1. The molecule has 3 N–H and O–H groups in total. The third-order valence-electron chi connectivity index (χ3n) is 4.95. The van der Waals surface area contributed by atoms with Crippen molar-refractivity contribution < 1.29 is 10.0 Å². The SMILES string of the molecule is O=C(Cn1cc(-c2cccc(Nc3nc(=O)n(O)c4ncccc34)c2)nn1)Nc1ccccc1. The highest BCUT2D eigenvalue weighted by molar-refractivity contribution is 5.90. The molecular formula is C23H18N8O3. The number of aromatic nitrogens is 6. The number of carbonyl (C=O) groups is 1. The van der Waals surface area contributed by atoms with Crippen molar-refractivity contribution in [3.63, 3.8) is 0 Å². The molecule has 0 fully saturated rings. The highest BCUT2D eigenvalue weighted by Crippen LogP contribution is 2.25. The summed E-state index contributed by atoms with van der Waals surface area (Å²) in [6.45, 7) is 0.0141. The van der Waals surface area contributed by atoms with Crippen molar-refractivity contribution in [3.8, 4) is 11.3 Å². The highest BCUT2D eigenvalue weighted by atomic mass is 16.5. The lowest BCUT2D eigenvalue weighted by Crippen LogP contribution is -2.23. The molecule has 5 aromatic rings. The van der Waals surface area contributed by atoms with Gasteiger partial charge in [-0.1, -0.05) is 35.5 Å². The molecule has 11 heteroatoms. The summed E-state index contributed by atoms with van der Waals surface area (Å²) in [5.74, 6) is 0.0417. The molecule has 3 aromatic heterocycles. The van der Waals surface area contributed by atoms with E-state index < -0.39 is 5.69 Å². The van der Waals surface area contributed by atoms with Crippen LogP contribution in [0.3, 0.4) is 0 Å². The number of benzene rings is 2. The lowest BCUT2D eigenvalue weighted by atomic mass is 10.1. The van der Waals surface area contributed by atoms with E-state index in [9.17, 15) is 14.8 Å². The highest BCUT2D eigenvalue weighted by Gasteiger charge is 2.12. The van der Waals surface area contributed by atoms with Gasteiger partial charge in [0.15, 0.2) is 5.65 Å². The molecule has 0 unspecified atom stereocenters. The van der Waals surface area contributed by atoms with Gasteiger partial charge in [-0.2, -0.15) is 4.98 Å². The number of nitrogens with one attached hydrogen (secondary N) is 2. The maximum atomic E-state index is 12.3. The number of para-hydroxylation sites is 1. The molecule has 3 heterocycles. The Morgan fingerprint density at radius 2 is 1.82 bits per heavy atom. The van der Waals surface area contributed by atoms with Crippen molar-refractivity contribution in [1.29, 1.82) is 0 Å². The second kappa shape index (κ2) is 8.82. The smallest absolute Gasteiger partial charge is 0.384 e. The third-order valence-corrected chi connectivity index (χ3v) is 4.95. The van der Waals surface area contributed by atoms with E-state index in [-0.39, 0.29) is 23.9 Å². The van der Waals surface area contributed by atoms with Gasteiger partial charge in [-0.25, -0.2) is 14.5 Å². The van der Waals surface area contributed by atoms with E-state index in [1.54, 1.807) is 36.5 Å². The monoisotopic (exact) mass is 454 g/mol. The zero-order valence-electron chi connectivity index (χ0n) is 17.7. The first kappa shape index (κ1) is 20.8. The third kappa shape index (κ3) is 4.30. The zero-order chi connectivity index (χ0) is 23.5. The second-order valence-electron chi connectivity index (χ2n) is 7.35. The molecule has 1 amide bonds. The molecular weight excluding hydrogens is 436 g/mol. The summed E-state index contributed by atoms with van der Waals surface area (Å²) in [6.07, 6.45) is 3.15. The van der Waals surface area contributed by atoms with Crippen molar-refractivity contribution in [3.05, 3.63) is 89.6 Å². The van der Waals surface area contributed by atoms with E-state index in [4.69, 9.17) is 0 Å². The molecule has 5 rings (SSSR count). The van der Waals surface area contributed by atoms with Crippen LogP contribution in [-0.4, -0.2) is 40.8 Å². The van der Waals surface area contributed by atoms with Crippen LogP contribution in [0.4, 0.5) is 17.2 Å². The fourth-order valence-electron chi connectivity index (χ4n) is 3.41. The van der Waals surface area contributed by atoms with E-state index in [0.717, 1.165) is 5.56 Å². The van der Waals surface area contributed by atoms with Crippen molar-refractivity contribution in [2.75, 3.05) is 10.6 Å². The van der Waals surface area contributed by atoms with Gasteiger partial charge in [0.25, 0.3) is 0 Å². The largest absolute Gasteiger partial charge is 0.422 e.